The Kier molecular flexibility index (Phi) is 4.06. The maximum Gasteiger partial charge on any atom is 0.417 e. The molecule has 0 saturated heterocycles. The number of nitrogens with one attached hydrogen (secondary N) is 1. The van der Waals surface area contributed by atoms with Gasteiger partial charge in [0.05, 0.1) is 17.8 Å². The number of aromatic nitrogens is 1. The first-order valence-corrected chi connectivity index (χ1v) is 4.76. The van der Waals surface area contributed by atoms with Gasteiger partial charge in [0.15, 0.2) is 0 Å². The van der Waals surface area contributed by atoms with Crippen molar-refractivity contribution in [3.8, 4) is 0 Å². The molecule has 0 radical (unpaired) electrons. The molecule has 17 heavy (non-hydrogen) atoms. The van der Waals surface area contributed by atoms with Crippen molar-refractivity contribution in [3.63, 3.8) is 0 Å². The second-order valence-corrected chi connectivity index (χ2v) is 3.66. The van der Waals surface area contributed by atoms with Crippen LogP contribution in [0.1, 0.15) is 15.9 Å². The third-order valence-electron chi connectivity index (χ3n) is 1.93. The number of halogens is 3. The number of amides is 1. The lowest BCUT2D eigenvalue weighted by Crippen LogP contribution is -2.34. The zero-order valence-electron chi connectivity index (χ0n) is 9.38. The van der Waals surface area contributed by atoms with Gasteiger partial charge in [0.1, 0.15) is 0 Å². The smallest absolute Gasteiger partial charge is 0.339 e. The molecule has 0 unspecified atom stereocenters. The van der Waals surface area contributed by atoms with Gasteiger partial charge in [0.25, 0.3) is 5.91 Å². The van der Waals surface area contributed by atoms with Gasteiger partial charge in [-0.1, -0.05) is 0 Å². The van der Waals surface area contributed by atoms with Crippen molar-refractivity contribution in [2.45, 2.75) is 6.18 Å². The first-order valence-electron chi connectivity index (χ1n) is 4.76. The lowest BCUT2D eigenvalue weighted by Gasteiger charge is -2.14. The van der Waals surface area contributed by atoms with Crippen LogP contribution in [0.25, 0.3) is 0 Å². The van der Waals surface area contributed by atoms with Crippen LogP contribution < -0.4 is 5.32 Å². The summed E-state index contributed by atoms with van der Waals surface area (Å²) >= 11 is 0. The molecule has 0 bridgehead atoms. The van der Waals surface area contributed by atoms with E-state index in [-0.39, 0.29) is 6.67 Å². The third kappa shape index (κ3) is 3.70. The normalized spacial score (nSPS) is 11.6. The average molecular weight is 247 g/mol. The van der Waals surface area contributed by atoms with Crippen LogP contribution in [0.15, 0.2) is 18.5 Å². The summed E-state index contributed by atoms with van der Waals surface area (Å²) in [6.07, 6.45) is -2.65. The SMILES string of the molecule is CN(C)CNC(=O)c1cnccc1C(F)(F)F. The summed E-state index contributed by atoms with van der Waals surface area (Å²) in [6.45, 7) is 0.158. The summed E-state index contributed by atoms with van der Waals surface area (Å²) < 4.78 is 37.8. The maximum atomic E-state index is 12.6. The van der Waals surface area contributed by atoms with Crippen LogP contribution in [0, 0.1) is 0 Å². The zero-order valence-corrected chi connectivity index (χ0v) is 9.38. The highest BCUT2D eigenvalue weighted by Gasteiger charge is 2.35. The Morgan fingerprint density at radius 3 is 2.65 bits per heavy atom. The topological polar surface area (TPSA) is 45.2 Å². The summed E-state index contributed by atoms with van der Waals surface area (Å²) in [5.41, 5.74) is -1.45. The van der Waals surface area contributed by atoms with E-state index in [9.17, 15) is 18.0 Å². The summed E-state index contributed by atoms with van der Waals surface area (Å²) in [4.78, 5) is 16.7. The van der Waals surface area contributed by atoms with Gasteiger partial charge < -0.3 is 5.32 Å². The highest BCUT2D eigenvalue weighted by atomic mass is 19.4. The minimum absolute atomic E-state index is 0.158. The van der Waals surface area contributed by atoms with Crippen LogP contribution in [0.2, 0.25) is 0 Å². The molecular formula is C10H12F3N3O. The summed E-state index contributed by atoms with van der Waals surface area (Å²) in [5.74, 6) is -0.792. The van der Waals surface area contributed by atoms with Gasteiger partial charge in [-0.2, -0.15) is 13.2 Å². The molecular weight excluding hydrogens is 235 g/mol. The van der Waals surface area contributed by atoms with E-state index in [1.54, 1.807) is 19.0 Å². The Hall–Kier alpha value is -1.63. The van der Waals surface area contributed by atoms with E-state index in [0.717, 1.165) is 18.5 Å². The molecule has 7 heteroatoms. The Labute approximate surface area is 96.4 Å². The van der Waals surface area contributed by atoms with Crippen LogP contribution in [0.5, 0.6) is 0 Å². The molecule has 0 atom stereocenters. The number of hydrogen-bond donors (Lipinski definition) is 1. The van der Waals surface area contributed by atoms with E-state index < -0.39 is 23.2 Å². The van der Waals surface area contributed by atoms with Crippen molar-refractivity contribution in [2.75, 3.05) is 20.8 Å². The number of hydrogen-bond acceptors (Lipinski definition) is 3. The van der Waals surface area contributed by atoms with Crippen molar-refractivity contribution in [2.24, 2.45) is 0 Å². The van der Waals surface area contributed by atoms with Gasteiger partial charge in [0, 0.05) is 12.4 Å². The number of pyridine rings is 1. The molecule has 1 aromatic heterocycles. The van der Waals surface area contributed by atoms with E-state index in [4.69, 9.17) is 0 Å². The molecule has 0 aromatic carbocycles. The van der Waals surface area contributed by atoms with Crippen molar-refractivity contribution in [1.29, 1.82) is 0 Å². The Bertz CT molecular complexity index is 404. The van der Waals surface area contributed by atoms with E-state index in [1.807, 2.05) is 0 Å². The molecule has 94 valence electrons. The van der Waals surface area contributed by atoms with Gasteiger partial charge in [-0.3, -0.25) is 14.7 Å². The van der Waals surface area contributed by atoms with Gasteiger partial charge in [-0.15, -0.1) is 0 Å². The first-order chi connectivity index (χ1) is 7.82. The van der Waals surface area contributed by atoms with Crippen LogP contribution >= 0.6 is 0 Å². The fourth-order valence-electron chi connectivity index (χ4n) is 1.15. The zero-order chi connectivity index (χ0) is 13.1. The molecule has 0 aliphatic carbocycles. The fourth-order valence-corrected chi connectivity index (χ4v) is 1.15. The molecule has 1 N–H and O–H groups in total. The predicted molar refractivity (Wildman–Crippen MR) is 55.3 cm³/mol. The minimum atomic E-state index is -4.56. The first kappa shape index (κ1) is 13.4. The number of alkyl halides is 3. The number of carbonyl (C=O) groups is 1. The van der Waals surface area contributed by atoms with Gasteiger partial charge in [-0.05, 0) is 20.2 Å². The van der Waals surface area contributed by atoms with Crippen molar-refractivity contribution in [1.82, 2.24) is 15.2 Å². The fraction of sp³-hybridized carbons (Fsp3) is 0.400. The van der Waals surface area contributed by atoms with E-state index in [2.05, 4.69) is 10.3 Å². The van der Waals surface area contributed by atoms with E-state index in [1.165, 1.54) is 0 Å². The molecule has 0 aliphatic heterocycles. The third-order valence-corrected chi connectivity index (χ3v) is 1.93. The number of rotatable bonds is 3. The van der Waals surface area contributed by atoms with Crippen molar-refractivity contribution in [3.05, 3.63) is 29.6 Å². The summed E-state index contributed by atoms with van der Waals surface area (Å²) in [6, 6.07) is 0.782. The van der Waals surface area contributed by atoms with Crippen LogP contribution in [-0.2, 0) is 6.18 Å². The van der Waals surface area contributed by atoms with E-state index in [0.29, 0.717) is 0 Å². The highest BCUT2D eigenvalue weighted by Crippen LogP contribution is 2.31. The number of carbonyl (C=O) groups excluding carboxylic acids is 1. The lowest BCUT2D eigenvalue weighted by atomic mass is 10.1. The predicted octanol–water partition coefficient (Wildman–Crippen LogP) is 1.35. The number of nitrogens with zero attached hydrogens (tertiary/aromatic N) is 2. The molecule has 1 aromatic rings. The second kappa shape index (κ2) is 5.13. The molecule has 1 heterocycles. The van der Waals surface area contributed by atoms with Gasteiger partial charge in [-0.25, -0.2) is 0 Å². The molecule has 1 amide bonds. The summed E-state index contributed by atoms with van der Waals surface area (Å²) in [7, 11) is 3.38. The molecule has 4 nitrogen and oxygen atoms in total. The van der Waals surface area contributed by atoms with Crippen LogP contribution in [-0.4, -0.2) is 36.6 Å². The maximum absolute atomic E-state index is 12.6. The molecule has 0 aliphatic rings. The standard InChI is InChI=1S/C10H12F3N3O/c1-16(2)6-15-9(17)7-5-14-4-3-8(7)10(11,12)13/h3-5H,6H2,1-2H3,(H,15,17). The Balaban J connectivity index is 2.94. The largest absolute Gasteiger partial charge is 0.417 e. The molecule has 0 saturated carbocycles. The molecule has 0 fully saturated rings. The minimum Gasteiger partial charge on any atom is -0.339 e. The molecule has 0 spiro atoms. The Morgan fingerprint density at radius 1 is 1.47 bits per heavy atom. The molecule has 1 rings (SSSR count). The van der Waals surface area contributed by atoms with E-state index >= 15 is 0 Å². The quantitative estimate of drug-likeness (QED) is 0.820. The lowest BCUT2D eigenvalue weighted by molar-refractivity contribution is -0.138. The Morgan fingerprint density at radius 2 is 2.12 bits per heavy atom. The van der Waals surface area contributed by atoms with Gasteiger partial charge >= 0.3 is 6.18 Å². The second-order valence-electron chi connectivity index (χ2n) is 3.66. The highest BCUT2D eigenvalue weighted by molar-refractivity contribution is 5.95. The van der Waals surface area contributed by atoms with Crippen LogP contribution in [0.3, 0.4) is 0 Å². The van der Waals surface area contributed by atoms with Crippen molar-refractivity contribution >= 4 is 5.91 Å². The van der Waals surface area contributed by atoms with Crippen molar-refractivity contribution < 1.29 is 18.0 Å². The average Bonchev–Trinajstić information content (AvgIpc) is 2.24. The summed E-state index contributed by atoms with van der Waals surface area (Å²) in [5, 5.41) is 2.36. The monoisotopic (exact) mass is 247 g/mol. The van der Waals surface area contributed by atoms with Crippen LogP contribution in [0.4, 0.5) is 13.2 Å². The van der Waals surface area contributed by atoms with Gasteiger partial charge in [0.2, 0.25) is 0 Å².